The number of aromatic nitrogens is 2. The summed E-state index contributed by atoms with van der Waals surface area (Å²) in [5, 5.41) is 18.5. The minimum absolute atomic E-state index is 0.0533. The number of hydrazine groups is 1. The van der Waals surface area contributed by atoms with Crippen molar-refractivity contribution >= 4 is 40.7 Å². The molecule has 3 atom stereocenters. The largest absolute Gasteiger partial charge is 0.442 e. The Kier molecular flexibility index (Phi) is 14.7. The lowest BCUT2D eigenvalue weighted by Crippen LogP contribution is -2.61. The first-order valence-electron chi connectivity index (χ1n) is 16.9. The van der Waals surface area contributed by atoms with Gasteiger partial charge in [0, 0.05) is 24.5 Å². The van der Waals surface area contributed by atoms with Crippen LogP contribution in [0.1, 0.15) is 73.2 Å². The van der Waals surface area contributed by atoms with Gasteiger partial charge in [-0.25, -0.2) is 19.6 Å². The number of aryl methyl sites for hydroxylation is 1. The molecule has 2 unspecified atom stereocenters. The van der Waals surface area contributed by atoms with Crippen molar-refractivity contribution in [1.29, 1.82) is 0 Å². The number of urea groups is 1. The van der Waals surface area contributed by atoms with E-state index in [-0.39, 0.29) is 31.4 Å². The molecular formula is C37H48N6O5S2. The molecule has 3 N–H and O–H groups in total. The Morgan fingerprint density at radius 3 is 2.24 bits per heavy atom. The van der Waals surface area contributed by atoms with Crippen LogP contribution in [0, 0.1) is 5.92 Å². The molecule has 4 aromatic rings. The number of aliphatic hydroxyl groups excluding tert-OH is 1. The first kappa shape index (κ1) is 38.5. The van der Waals surface area contributed by atoms with Gasteiger partial charge in [-0.1, -0.05) is 88.4 Å². The summed E-state index contributed by atoms with van der Waals surface area (Å²) >= 11 is 2.89. The van der Waals surface area contributed by atoms with Gasteiger partial charge in [-0.2, -0.15) is 0 Å². The number of benzene rings is 2. The molecule has 50 heavy (non-hydrogen) atoms. The summed E-state index contributed by atoms with van der Waals surface area (Å²) in [7, 11) is 1.64. The summed E-state index contributed by atoms with van der Waals surface area (Å²) in [6.45, 7) is 7.97. The van der Waals surface area contributed by atoms with Crippen LogP contribution in [0.15, 0.2) is 77.8 Å². The minimum Gasteiger partial charge on any atom is -0.442 e. The monoisotopic (exact) mass is 720 g/mol. The second-order valence-corrected chi connectivity index (χ2v) is 14.8. The Hall–Kier alpha value is -4.33. The van der Waals surface area contributed by atoms with Crippen molar-refractivity contribution in [2.45, 2.75) is 90.6 Å². The maximum Gasteiger partial charge on any atom is 0.429 e. The molecule has 11 nitrogen and oxygen atoms in total. The molecule has 0 aliphatic heterocycles. The molecule has 0 saturated carbocycles. The first-order chi connectivity index (χ1) is 24.0. The van der Waals surface area contributed by atoms with E-state index in [1.165, 1.54) is 16.2 Å². The molecule has 0 bridgehead atoms. The summed E-state index contributed by atoms with van der Waals surface area (Å²) in [5.74, 6) is -0.661. The van der Waals surface area contributed by atoms with Crippen molar-refractivity contribution in [2.75, 3.05) is 7.05 Å². The molecule has 0 aliphatic rings. The smallest absolute Gasteiger partial charge is 0.429 e. The van der Waals surface area contributed by atoms with Crippen LogP contribution >= 0.6 is 22.7 Å². The summed E-state index contributed by atoms with van der Waals surface area (Å²) in [6, 6.07) is 17.1. The van der Waals surface area contributed by atoms with E-state index < -0.39 is 36.2 Å². The number of carbonyl (C=O) groups is 3. The number of hydrogen-bond acceptors (Lipinski definition) is 9. The van der Waals surface area contributed by atoms with Gasteiger partial charge < -0.3 is 20.1 Å². The Balaban J connectivity index is 1.54. The molecule has 13 heteroatoms. The Morgan fingerprint density at radius 2 is 1.64 bits per heavy atom. The van der Waals surface area contributed by atoms with Crippen molar-refractivity contribution in [3.63, 3.8) is 0 Å². The lowest BCUT2D eigenvalue weighted by molar-refractivity contribution is -0.130. The third-order valence-corrected chi connectivity index (χ3v) is 10.1. The summed E-state index contributed by atoms with van der Waals surface area (Å²) < 4.78 is 5.67. The minimum atomic E-state index is -1.01. The zero-order valence-corrected chi connectivity index (χ0v) is 31.0. The quantitative estimate of drug-likeness (QED) is 0.112. The summed E-state index contributed by atoms with van der Waals surface area (Å²) in [6.07, 6.45) is 1.78. The van der Waals surface area contributed by atoms with Gasteiger partial charge in [0.1, 0.15) is 12.6 Å². The van der Waals surface area contributed by atoms with Crippen molar-refractivity contribution in [3.05, 3.63) is 104 Å². The van der Waals surface area contributed by atoms with Gasteiger partial charge in [-0.15, -0.1) is 22.7 Å². The number of carbonyl (C=O) groups excluding carboxylic acids is 3. The highest BCUT2D eigenvalue weighted by molar-refractivity contribution is 7.09. The van der Waals surface area contributed by atoms with E-state index in [2.05, 4.69) is 34.6 Å². The van der Waals surface area contributed by atoms with Gasteiger partial charge in [0.05, 0.1) is 39.8 Å². The lowest BCUT2D eigenvalue weighted by atomic mass is 9.96. The molecule has 4 rings (SSSR count). The van der Waals surface area contributed by atoms with Gasteiger partial charge >= 0.3 is 12.1 Å². The Labute approximate surface area is 302 Å². The highest BCUT2D eigenvalue weighted by atomic mass is 32.1. The molecule has 0 saturated heterocycles. The number of rotatable bonds is 16. The lowest BCUT2D eigenvalue weighted by Gasteiger charge is -2.36. The van der Waals surface area contributed by atoms with Gasteiger partial charge in [-0.05, 0) is 42.7 Å². The predicted molar refractivity (Wildman–Crippen MR) is 196 cm³/mol. The predicted octanol–water partition coefficient (Wildman–Crippen LogP) is 6.55. The molecule has 268 valence electrons. The topological polar surface area (TPSA) is 137 Å². The molecule has 2 aromatic heterocycles. The average Bonchev–Trinajstić information content (AvgIpc) is 3.81. The third-order valence-electron chi connectivity index (χ3n) is 8.16. The number of aliphatic hydroxyl groups is 1. The number of nitrogens with zero attached hydrogens (tertiary/aromatic N) is 4. The molecule has 0 radical (unpaired) electrons. The second kappa shape index (κ2) is 19.2. The molecule has 0 spiro atoms. The summed E-state index contributed by atoms with van der Waals surface area (Å²) in [5.41, 5.74) is 7.17. The number of ether oxygens (including phenoxy) is 1. The number of nitrogens with one attached hydrogen (secondary N) is 2. The van der Waals surface area contributed by atoms with Gasteiger partial charge in [0.15, 0.2) is 0 Å². The van der Waals surface area contributed by atoms with Crippen LogP contribution in [-0.4, -0.2) is 68.3 Å². The molecule has 2 heterocycles. The van der Waals surface area contributed by atoms with Crippen LogP contribution in [-0.2, 0) is 35.5 Å². The second-order valence-electron chi connectivity index (χ2n) is 12.9. The highest BCUT2D eigenvalue weighted by Crippen LogP contribution is 2.21. The highest BCUT2D eigenvalue weighted by Gasteiger charge is 2.36. The normalized spacial score (nSPS) is 13.0. The molecule has 0 fully saturated rings. The fourth-order valence-electron chi connectivity index (χ4n) is 5.33. The van der Waals surface area contributed by atoms with Crippen LogP contribution in [0.3, 0.4) is 0 Å². The maximum atomic E-state index is 14.0. The van der Waals surface area contributed by atoms with E-state index in [4.69, 9.17) is 4.74 Å². The Morgan fingerprint density at radius 1 is 0.960 bits per heavy atom. The third kappa shape index (κ3) is 11.6. The fourth-order valence-corrected chi connectivity index (χ4v) is 6.66. The number of amides is 4. The van der Waals surface area contributed by atoms with Gasteiger partial charge in [0.2, 0.25) is 0 Å². The zero-order valence-electron chi connectivity index (χ0n) is 29.3. The average molecular weight is 721 g/mol. The zero-order chi connectivity index (χ0) is 36.0. The molecule has 0 aliphatic carbocycles. The SMILES string of the molecule is CC(C)c1nc(CN(C)C(=O)N[C@H](C(=O)NN(C(=O)OCc2cncs2)C(Cc2ccccc2)C(O)CCCc2ccccc2)C(C)C)cs1. The molecular weight excluding hydrogens is 673 g/mol. The van der Waals surface area contributed by atoms with Crippen molar-refractivity contribution < 1.29 is 24.2 Å². The van der Waals surface area contributed by atoms with E-state index >= 15 is 0 Å². The van der Waals surface area contributed by atoms with E-state index in [0.29, 0.717) is 12.8 Å². The number of hydrogen-bond donors (Lipinski definition) is 3. The fraction of sp³-hybridized carbons (Fsp3) is 0.432. The van der Waals surface area contributed by atoms with E-state index in [0.717, 1.165) is 38.1 Å². The Bertz CT molecular complexity index is 1620. The van der Waals surface area contributed by atoms with E-state index in [1.54, 1.807) is 30.1 Å². The van der Waals surface area contributed by atoms with Gasteiger partial charge in [-0.3, -0.25) is 15.2 Å². The van der Waals surface area contributed by atoms with E-state index in [1.807, 2.05) is 79.9 Å². The van der Waals surface area contributed by atoms with Crippen LogP contribution in [0.5, 0.6) is 0 Å². The maximum absolute atomic E-state index is 14.0. The standard InChI is InChI=1S/C37H48N6O5S2/c1-25(2)33(40-36(46)42(5)21-29-23-49-35(39-29)26(3)4)34(45)41-43(37(47)48-22-30-20-38-24-50-30)31(19-28-15-10-7-11-16-28)32(44)18-12-17-27-13-8-6-9-14-27/h6-11,13-16,20,23-26,31-33,44H,12,17-19,21-22H2,1-5H3,(H,40,46)(H,41,45)/t31?,32?,33-/m0/s1. The van der Waals surface area contributed by atoms with Gasteiger partial charge in [0.25, 0.3) is 5.91 Å². The van der Waals surface area contributed by atoms with Crippen LogP contribution < -0.4 is 10.7 Å². The van der Waals surface area contributed by atoms with Crippen molar-refractivity contribution in [3.8, 4) is 0 Å². The molecule has 2 aromatic carbocycles. The van der Waals surface area contributed by atoms with Crippen LogP contribution in [0.25, 0.3) is 0 Å². The van der Waals surface area contributed by atoms with E-state index in [9.17, 15) is 19.5 Å². The number of thiazole rings is 2. The van der Waals surface area contributed by atoms with Crippen LogP contribution in [0.2, 0.25) is 0 Å². The van der Waals surface area contributed by atoms with Crippen molar-refractivity contribution in [1.82, 2.24) is 30.6 Å². The molecule has 4 amide bonds. The van der Waals surface area contributed by atoms with Crippen LogP contribution in [0.4, 0.5) is 9.59 Å². The first-order valence-corrected chi connectivity index (χ1v) is 18.6. The summed E-state index contributed by atoms with van der Waals surface area (Å²) in [4.78, 5) is 52.1. The van der Waals surface area contributed by atoms with Crippen molar-refractivity contribution in [2.24, 2.45) is 5.92 Å².